The Hall–Kier alpha value is -2.28. The third kappa shape index (κ3) is 5.85. The Morgan fingerprint density at radius 3 is 2.41 bits per heavy atom. The normalized spacial score (nSPS) is 18.0. The molecule has 1 N–H and O–H groups in total. The Kier molecular flexibility index (Phi) is 7.75. The molecule has 1 aromatic rings. The Labute approximate surface area is 174 Å². The lowest BCUT2D eigenvalue weighted by Gasteiger charge is -2.34. The molecule has 0 radical (unpaired) electrons. The Morgan fingerprint density at radius 1 is 1.07 bits per heavy atom. The smallest absolute Gasteiger partial charge is 0.409 e. The van der Waals surface area contributed by atoms with Crippen molar-refractivity contribution in [3.05, 3.63) is 29.8 Å². The van der Waals surface area contributed by atoms with E-state index in [0.29, 0.717) is 38.8 Å². The molecular weight excluding hydrogens is 368 g/mol. The summed E-state index contributed by atoms with van der Waals surface area (Å²) >= 11 is 0. The van der Waals surface area contributed by atoms with Gasteiger partial charge in [0, 0.05) is 44.5 Å². The van der Waals surface area contributed by atoms with E-state index < -0.39 is 0 Å². The summed E-state index contributed by atoms with van der Waals surface area (Å²) in [5.41, 5.74) is 2.01. The largest absolute Gasteiger partial charge is 0.450 e. The van der Waals surface area contributed by atoms with Crippen LogP contribution in [-0.4, -0.2) is 72.7 Å². The quantitative estimate of drug-likeness (QED) is 0.815. The Bertz CT molecular complexity index is 682. The van der Waals surface area contributed by atoms with Gasteiger partial charge in [0.15, 0.2) is 0 Å². The maximum absolute atomic E-state index is 12.8. The van der Waals surface area contributed by atoms with Gasteiger partial charge in [0.05, 0.1) is 6.61 Å². The zero-order valence-corrected chi connectivity index (χ0v) is 17.7. The number of benzene rings is 1. The monoisotopic (exact) mass is 402 g/mol. The average Bonchev–Trinajstić information content (AvgIpc) is 2.76. The zero-order valence-electron chi connectivity index (χ0n) is 17.7. The predicted molar refractivity (Wildman–Crippen MR) is 114 cm³/mol. The molecule has 3 rings (SSSR count). The van der Waals surface area contributed by atoms with E-state index in [9.17, 15) is 9.59 Å². The number of para-hydroxylation sites is 1. The number of anilines is 1. The molecule has 7 nitrogen and oxygen atoms in total. The van der Waals surface area contributed by atoms with Crippen molar-refractivity contribution in [2.24, 2.45) is 0 Å². The van der Waals surface area contributed by atoms with Crippen molar-refractivity contribution in [2.45, 2.75) is 51.6 Å². The molecule has 1 aliphatic heterocycles. The van der Waals surface area contributed by atoms with Crippen LogP contribution in [0.1, 0.15) is 44.6 Å². The summed E-state index contributed by atoms with van der Waals surface area (Å²) < 4.78 is 5.04. The van der Waals surface area contributed by atoms with E-state index in [1.165, 1.54) is 32.1 Å². The maximum atomic E-state index is 12.8. The minimum atomic E-state index is -0.302. The van der Waals surface area contributed by atoms with Crippen molar-refractivity contribution >= 4 is 17.8 Å². The van der Waals surface area contributed by atoms with Gasteiger partial charge in [-0.25, -0.2) is 9.59 Å². The molecule has 29 heavy (non-hydrogen) atoms. The molecule has 1 aliphatic carbocycles. The number of rotatable bonds is 5. The zero-order chi connectivity index (χ0) is 20.6. The molecule has 1 saturated heterocycles. The van der Waals surface area contributed by atoms with E-state index in [4.69, 9.17) is 4.74 Å². The highest BCUT2D eigenvalue weighted by atomic mass is 16.6. The molecule has 3 amide bonds. The number of carbonyl (C=O) groups excluding carboxylic acids is 2. The fourth-order valence-electron chi connectivity index (χ4n) is 4.20. The van der Waals surface area contributed by atoms with Crippen molar-refractivity contribution in [2.75, 3.05) is 45.2 Å². The highest BCUT2D eigenvalue weighted by Crippen LogP contribution is 2.25. The highest BCUT2D eigenvalue weighted by Gasteiger charge is 2.25. The number of nitrogens with one attached hydrogen (secondary N) is 1. The Balaban J connectivity index is 1.55. The van der Waals surface area contributed by atoms with Gasteiger partial charge in [0.1, 0.15) is 0 Å². The number of hydrogen-bond donors (Lipinski definition) is 1. The van der Waals surface area contributed by atoms with E-state index in [-0.39, 0.29) is 12.1 Å². The molecule has 0 aromatic heterocycles. The van der Waals surface area contributed by atoms with E-state index in [1.807, 2.05) is 18.2 Å². The van der Waals surface area contributed by atoms with Crippen LogP contribution in [0.15, 0.2) is 24.3 Å². The van der Waals surface area contributed by atoms with Gasteiger partial charge in [-0.15, -0.1) is 0 Å². The SMILES string of the molecule is CCOC(=O)N1CCN(C(=O)Nc2ccccc2CN(C)C2CCCCC2)CC1. The van der Waals surface area contributed by atoms with Gasteiger partial charge >= 0.3 is 12.1 Å². The average molecular weight is 403 g/mol. The molecule has 2 fully saturated rings. The number of urea groups is 1. The standard InChI is InChI=1S/C22H34N4O3/c1-3-29-22(28)26-15-13-25(14-16-26)21(27)23-20-12-8-7-9-18(20)17-24(2)19-10-5-4-6-11-19/h7-9,12,19H,3-6,10-11,13-17H2,1-2H3,(H,23,27). The van der Waals surface area contributed by atoms with E-state index in [2.05, 4.69) is 23.3 Å². The molecule has 160 valence electrons. The first kappa shape index (κ1) is 21.4. The fourth-order valence-corrected chi connectivity index (χ4v) is 4.20. The van der Waals surface area contributed by atoms with Gasteiger partial charge < -0.3 is 19.9 Å². The number of carbonyl (C=O) groups is 2. The van der Waals surface area contributed by atoms with Crippen molar-refractivity contribution in [1.82, 2.24) is 14.7 Å². The van der Waals surface area contributed by atoms with Crippen LogP contribution in [0.4, 0.5) is 15.3 Å². The lowest BCUT2D eigenvalue weighted by atomic mass is 9.94. The third-order valence-electron chi connectivity index (χ3n) is 5.97. The molecule has 0 bridgehead atoms. The molecule has 1 heterocycles. The minimum absolute atomic E-state index is 0.110. The minimum Gasteiger partial charge on any atom is -0.450 e. The van der Waals surface area contributed by atoms with Crippen molar-refractivity contribution < 1.29 is 14.3 Å². The summed E-state index contributed by atoms with van der Waals surface area (Å²) in [6, 6.07) is 8.56. The van der Waals surface area contributed by atoms with E-state index >= 15 is 0 Å². The van der Waals surface area contributed by atoms with Crippen LogP contribution < -0.4 is 5.32 Å². The number of piperazine rings is 1. The van der Waals surface area contributed by atoms with Crippen LogP contribution in [0.3, 0.4) is 0 Å². The first-order chi connectivity index (χ1) is 14.1. The van der Waals surface area contributed by atoms with Gasteiger partial charge in [-0.05, 0) is 38.4 Å². The van der Waals surface area contributed by atoms with Crippen LogP contribution >= 0.6 is 0 Å². The number of hydrogen-bond acceptors (Lipinski definition) is 4. The fraction of sp³-hybridized carbons (Fsp3) is 0.636. The number of nitrogens with zero attached hydrogens (tertiary/aromatic N) is 3. The molecule has 0 atom stereocenters. The van der Waals surface area contributed by atoms with Crippen LogP contribution in [0.5, 0.6) is 0 Å². The third-order valence-corrected chi connectivity index (χ3v) is 5.97. The van der Waals surface area contributed by atoms with Crippen molar-refractivity contribution in [1.29, 1.82) is 0 Å². The molecule has 7 heteroatoms. The van der Waals surface area contributed by atoms with Gasteiger partial charge in [-0.3, -0.25) is 4.90 Å². The van der Waals surface area contributed by atoms with E-state index in [1.54, 1.807) is 16.7 Å². The van der Waals surface area contributed by atoms with Gasteiger partial charge in [0.25, 0.3) is 0 Å². The summed E-state index contributed by atoms with van der Waals surface area (Å²) in [4.78, 5) is 30.4. The highest BCUT2D eigenvalue weighted by molar-refractivity contribution is 5.90. The molecule has 1 aromatic carbocycles. The first-order valence-corrected chi connectivity index (χ1v) is 10.8. The van der Waals surface area contributed by atoms with Gasteiger partial charge in [-0.1, -0.05) is 37.5 Å². The van der Waals surface area contributed by atoms with Crippen LogP contribution in [0.2, 0.25) is 0 Å². The summed E-state index contributed by atoms with van der Waals surface area (Å²) in [6.07, 6.45) is 6.19. The second-order valence-corrected chi connectivity index (χ2v) is 7.97. The van der Waals surface area contributed by atoms with E-state index in [0.717, 1.165) is 17.8 Å². The molecule has 2 aliphatic rings. The first-order valence-electron chi connectivity index (χ1n) is 10.8. The summed E-state index contributed by atoms with van der Waals surface area (Å²) in [6.45, 7) is 5.01. The summed E-state index contributed by atoms with van der Waals surface area (Å²) in [5.74, 6) is 0. The Morgan fingerprint density at radius 2 is 1.72 bits per heavy atom. The van der Waals surface area contributed by atoms with Crippen molar-refractivity contribution in [3.63, 3.8) is 0 Å². The predicted octanol–water partition coefficient (Wildman–Crippen LogP) is 3.76. The van der Waals surface area contributed by atoms with Gasteiger partial charge in [-0.2, -0.15) is 0 Å². The lowest BCUT2D eigenvalue weighted by molar-refractivity contribution is 0.0868. The maximum Gasteiger partial charge on any atom is 0.409 e. The number of amides is 3. The number of ether oxygens (including phenoxy) is 1. The lowest BCUT2D eigenvalue weighted by Crippen LogP contribution is -2.51. The van der Waals surface area contributed by atoms with Crippen LogP contribution in [0, 0.1) is 0 Å². The molecule has 0 spiro atoms. The second kappa shape index (κ2) is 10.5. The summed E-state index contributed by atoms with van der Waals surface area (Å²) in [7, 11) is 2.18. The molecule has 1 saturated carbocycles. The van der Waals surface area contributed by atoms with Gasteiger partial charge in [0.2, 0.25) is 0 Å². The van der Waals surface area contributed by atoms with Crippen molar-refractivity contribution in [3.8, 4) is 0 Å². The topological polar surface area (TPSA) is 65.1 Å². The van der Waals surface area contributed by atoms with Crippen LogP contribution in [-0.2, 0) is 11.3 Å². The molecule has 0 unspecified atom stereocenters. The van der Waals surface area contributed by atoms with Crippen LogP contribution in [0.25, 0.3) is 0 Å². The summed E-state index contributed by atoms with van der Waals surface area (Å²) in [5, 5.41) is 3.08. The molecular formula is C22H34N4O3. The second-order valence-electron chi connectivity index (χ2n) is 7.97.